The molecule has 0 aliphatic carbocycles. The third-order valence-electron chi connectivity index (χ3n) is 4.53. The Labute approximate surface area is 125 Å². The molecule has 2 fully saturated rings. The summed E-state index contributed by atoms with van der Waals surface area (Å²) in [6, 6.07) is 3.92. The molecule has 0 saturated carbocycles. The van der Waals surface area contributed by atoms with Gasteiger partial charge in [-0.2, -0.15) is 0 Å². The predicted molar refractivity (Wildman–Crippen MR) is 81.0 cm³/mol. The molecule has 2 aliphatic rings. The van der Waals surface area contributed by atoms with Gasteiger partial charge in [-0.3, -0.25) is 9.78 Å². The SMILES string of the molecule is O=C1CCC2(CCOC2)CN1CCCNc1cccnc1. The van der Waals surface area contributed by atoms with Crippen molar-refractivity contribution in [1.29, 1.82) is 0 Å². The fraction of sp³-hybridized carbons (Fsp3) is 0.625. The quantitative estimate of drug-likeness (QED) is 0.841. The van der Waals surface area contributed by atoms with E-state index in [2.05, 4.69) is 10.3 Å². The lowest BCUT2D eigenvalue weighted by Gasteiger charge is -2.39. The fourth-order valence-electron chi connectivity index (χ4n) is 3.25. The highest BCUT2D eigenvalue weighted by Crippen LogP contribution is 2.37. The Balaban J connectivity index is 1.44. The van der Waals surface area contributed by atoms with Crippen LogP contribution in [0, 0.1) is 5.41 Å². The number of hydrogen-bond acceptors (Lipinski definition) is 4. The zero-order chi connectivity index (χ0) is 14.5. The van der Waals surface area contributed by atoms with E-state index < -0.39 is 0 Å². The molecule has 1 aromatic rings. The second kappa shape index (κ2) is 6.43. The zero-order valence-corrected chi connectivity index (χ0v) is 12.4. The topological polar surface area (TPSA) is 54.5 Å². The number of hydrogen-bond donors (Lipinski definition) is 1. The second-order valence-corrected chi connectivity index (χ2v) is 6.14. The van der Waals surface area contributed by atoms with Crippen molar-refractivity contribution in [3.05, 3.63) is 24.5 Å². The first-order valence-electron chi connectivity index (χ1n) is 7.77. The van der Waals surface area contributed by atoms with Crippen LogP contribution in [0.1, 0.15) is 25.7 Å². The van der Waals surface area contributed by atoms with Crippen LogP contribution in [0.15, 0.2) is 24.5 Å². The highest BCUT2D eigenvalue weighted by molar-refractivity contribution is 5.77. The number of piperidine rings is 1. The fourth-order valence-corrected chi connectivity index (χ4v) is 3.25. The molecule has 3 heterocycles. The molecule has 1 unspecified atom stereocenters. The molecular formula is C16H23N3O2. The number of nitrogens with one attached hydrogen (secondary N) is 1. The first-order chi connectivity index (χ1) is 10.3. The first kappa shape index (κ1) is 14.3. The molecule has 1 aromatic heterocycles. The summed E-state index contributed by atoms with van der Waals surface area (Å²) in [4.78, 5) is 18.2. The van der Waals surface area contributed by atoms with Crippen LogP contribution in [0.5, 0.6) is 0 Å². The lowest BCUT2D eigenvalue weighted by atomic mass is 9.79. The maximum absolute atomic E-state index is 12.1. The summed E-state index contributed by atoms with van der Waals surface area (Å²) < 4.78 is 5.55. The van der Waals surface area contributed by atoms with Crippen LogP contribution in [-0.2, 0) is 9.53 Å². The lowest BCUT2D eigenvalue weighted by Crippen LogP contribution is -2.47. The number of aromatic nitrogens is 1. The smallest absolute Gasteiger partial charge is 0.222 e. The van der Waals surface area contributed by atoms with E-state index in [-0.39, 0.29) is 5.41 Å². The standard InChI is InChI=1S/C16H23N3O2/c20-15-4-5-16(6-10-21-13-16)12-19(15)9-2-8-18-14-3-1-7-17-11-14/h1,3,7,11,18H,2,4-6,8-10,12-13H2. The molecule has 1 amide bonds. The normalized spacial score (nSPS) is 25.5. The van der Waals surface area contributed by atoms with E-state index in [1.807, 2.05) is 23.2 Å². The van der Waals surface area contributed by atoms with Crippen LogP contribution >= 0.6 is 0 Å². The Morgan fingerprint density at radius 2 is 2.38 bits per heavy atom. The summed E-state index contributed by atoms with van der Waals surface area (Å²) in [6.07, 6.45) is 7.32. The van der Waals surface area contributed by atoms with E-state index in [1.165, 1.54) is 0 Å². The monoisotopic (exact) mass is 289 g/mol. The highest BCUT2D eigenvalue weighted by atomic mass is 16.5. The van der Waals surface area contributed by atoms with Crippen molar-refractivity contribution < 1.29 is 9.53 Å². The van der Waals surface area contributed by atoms with E-state index in [0.29, 0.717) is 12.3 Å². The van der Waals surface area contributed by atoms with Crippen molar-refractivity contribution in [2.45, 2.75) is 25.7 Å². The third kappa shape index (κ3) is 3.53. The third-order valence-corrected chi connectivity index (χ3v) is 4.53. The van der Waals surface area contributed by atoms with Gasteiger partial charge in [-0.15, -0.1) is 0 Å². The van der Waals surface area contributed by atoms with E-state index in [9.17, 15) is 4.79 Å². The molecule has 5 nitrogen and oxygen atoms in total. The molecule has 0 radical (unpaired) electrons. The summed E-state index contributed by atoms with van der Waals surface area (Å²) in [7, 11) is 0. The molecule has 1 atom stereocenters. The molecule has 2 aliphatic heterocycles. The van der Waals surface area contributed by atoms with Gasteiger partial charge < -0.3 is 15.0 Å². The van der Waals surface area contributed by atoms with Gasteiger partial charge in [0.15, 0.2) is 0 Å². The van der Waals surface area contributed by atoms with Gasteiger partial charge in [-0.05, 0) is 31.4 Å². The predicted octanol–water partition coefficient (Wildman–Crippen LogP) is 1.91. The number of amides is 1. The van der Waals surface area contributed by atoms with E-state index in [1.54, 1.807) is 6.20 Å². The molecule has 5 heteroatoms. The number of pyridine rings is 1. The van der Waals surface area contributed by atoms with Crippen LogP contribution < -0.4 is 5.32 Å². The van der Waals surface area contributed by atoms with Crippen LogP contribution in [0.4, 0.5) is 5.69 Å². The summed E-state index contributed by atoms with van der Waals surface area (Å²) in [6.45, 7) is 4.24. The van der Waals surface area contributed by atoms with Gasteiger partial charge in [0, 0.05) is 50.5 Å². The maximum Gasteiger partial charge on any atom is 0.222 e. The Morgan fingerprint density at radius 1 is 1.43 bits per heavy atom. The Morgan fingerprint density at radius 3 is 3.14 bits per heavy atom. The molecule has 2 saturated heterocycles. The zero-order valence-electron chi connectivity index (χ0n) is 12.4. The van der Waals surface area contributed by atoms with Gasteiger partial charge >= 0.3 is 0 Å². The lowest BCUT2D eigenvalue weighted by molar-refractivity contribution is -0.137. The van der Waals surface area contributed by atoms with Crippen molar-refractivity contribution in [3.63, 3.8) is 0 Å². The summed E-state index contributed by atoms with van der Waals surface area (Å²) in [5, 5.41) is 3.33. The van der Waals surface area contributed by atoms with Crippen molar-refractivity contribution in [3.8, 4) is 0 Å². The molecule has 21 heavy (non-hydrogen) atoms. The van der Waals surface area contributed by atoms with Crippen LogP contribution in [-0.4, -0.2) is 48.6 Å². The van der Waals surface area contributed by atoms with Crippen molar-refractivity contribution >= 4 is 11.6 Å². The molecular weight excluding hydrogens is 266 g/mol. The summed E-state index contributed by atoms with van der Waals surface area (Å²) >= 11 is 0. The van der Waals surface area contributed by atoms with Gasteiger partial charge in [-0.1, -0.05) is 0 Å². The minimum Gasteiger partial charge on any atom is -0.384 e. The van der Waals surface area contributed by atoms with Crippen LogP contribution in [0.25, 0.3) is 0 Å². The van der Waals surface area contributed by atoms with E-state index >= 15 is 0 Å². The van der Waals surface area contributed by atoms with Gasteiger partial charge in [-0.25, -0.2) is 0 Å². The number of anilines is 1. The summed E-state index contributed by atoms with van der Waals surface area (Å²) in [5.41, 5.74) is 1.27. The minimum atomic E-state index is 0.241. The average Bonchev–Trinajstić information content (AvgIpc) is 2.97. The first-order valence-corrected chi connectivity index (χ1v) is 7.77. The van der Waals surface area contributed by atoms with Gasteiger partial charge in [0.25, 0.3) is 0 Å². The maximum atomic E-state index is 12.1. The summed E-state index contributed by atoms with van der Waals surface area (Å²) in [5.74, 6) is 0.300. The Kier molecular flexibility index (Phi) is 4.39. The largest absolute Gasteiger partial charge is 0.384 e. The number of nitrogens with zero attached hydrogens (tertiary/aromatic N) is 2. The second-order valence-electron chi connectivity index (χ2n) is 6.14. The number of likely N-dealkylation sites (tertiary alicyclic amines) is 1. The molecule has 114 valence electrons. The average molecular weight is 289 g/mol. The van der Waals surface area contributed by atoms with Gasteiger partial charge in [0.1, 0.15) is 0 Å². The van der Waals surface area contributed by atoms with Crippen molar-refractivity contribution in [1.82, 2.24) is 9.88 Å². The van der Waals surface area contributed by atoms with Crippen LogP contribution in [0.3, 0.4) is 0 Å². The Bertz CT molecular complexity index is 472. The van der Waals surface area contributed by atoms with E-state index in [4.69, 9.17) is 4.74 Å². The minimum absolute atomic E-state index is 0.241. The number of carbonyl (C=O) groups is 1. The molecule has 0 bridgehead atoms. The molecule has 1 N–H and O–H groups in total. The van der Waals surface area contributed by atoms with Gasteiger partial charge in [0.05, 0.1) is 12.3 Å². The molecule has 0 aromatic carbocycles. The molecule has 3 rings (SSSR count). The number of carbonyl (C=O) groups excluding carboxylic acids is 1. The Hall–Kier alpha value is -1.62. The van der Waals surface area contributed by atoms with Crippen molar-refractivity contribution in [2.75, 3.05) is 38.2 Å². The highest BCUT2D eigenvalue weighted by Gasteiger charge is 2.41. The van der Waals surface area contributed by atoms with E-state index in [0.717, 1.165) is 57.8 Å². The van der Waals surface area contributed by atoms with Gasteiger partial charge in [0.2, 0.25) is 5.91 Å². The van der Waals surface area contributed by atoms with Crippen molar-refractivity contribution in [2.24, 2.45) is 5.41 Å². The number of ether oxygens (including phenoxy) is 1. The number of rotatable bonds is 5. The van der Waals surface area contributed by atoms with Crippen LogP contribution in [0.2, 0.25) is 0 Å². The molecule has 1 spiro atoms.